The van der Waals surface area contributed by atoms with Gasteiger partial charge in [0.1, 0.15) is 0 Å². The summed E-state index contributed by atoms with van der Waals surface area (Å²) in [7, 11) is 0. The summed E-state index contributed by atoms with van der Waals surface area (Å²) in [5.74, 6) is 2.86. The van der Waals surface area contributed by atoms with Gasteiger partial charge in [0.2, 0.25) is 0 Å². The maximum absolute atomic E-state index is 4.70. The molecule has 2 saturated carbocycles. The number of nitrogens with zero attached hydrogens (tertiary/aromatic N) is 2. The summed E-state index contributed by atoms with van der Waals surface area (Å²) < 4.78 is 0. The van der Waals surface area contributed by atoms with Crippen molar-refractivity contribution in [2.24, 2.45) is 33.7 Å². The van der Waals surface area contributed by atoms with Gasteiger partial charge in [-0.3, -0.25) is 9.98 Å². The molecule has 2 aromatic carbocycles. The predicted molar refractivity (Wildman–Crippen MR) is 131 cm³/mol. The van der Waals surface area contributed by atoms with E-state index < -0.39 is 0 Å². The number of hydrogen-bond acceptors (Lipinski definition) is 2. The Balaban J connectivity index is 1.32. The third-order valence-electron chi connectivity index (χ3n) is 6.94. The van der Waals surface area contributed by atoms with Gasteiger partial charge in [0.25, 0.3) is 0 Å². The molecule has 0 aromatic heterocycles. The number of aliphatic imine (C=N–C) groups is 2. The molecule has 4 unspecified atom stereocenters. The lowest BCUT2D eigenvalue weighted by Crippen LogP contribution is -2.04. The fourth-order valence-corrected chi connectivity index (χ4v) is 4.69. The second kappa shape index (κ2) is 10.0. The lowest BCUT2D eigenvalue weighted by molar-refractivity contribution is 0.538. The van der Waals surface area contributed by atoms with Crippen LogP contribution in [-0.2, 0) is 0 Å². The zero-order chi connectivity index (χ0) is 20.8. The van der Waals surface area contributed by atoms with Crippen molar-refractivity contribution in [1.29, 1.82) is 0 Å². The van der Waals surface area contributed by atoms with E-state index >= 15 is 0 Å². The standard InChI is InChI=1S/C28H34N2/c1-21-5-3-7-25(21)19-29-27-15-11-23(12-16-27)9-10-24-13-17-28(18-14-24)30-20-26-8-4-6-22(26)2/h9-22,25-26H,3-8H2,1-2H3/b10-9+,29-19?,30-20?. The minimum absolute atomic E-state index is 0.651. The van der Waals surface area contributed by atoms with E-state index in [1.165, 1.54) is 49.7 Å². The molecule has 0 radical (unpaired) electrons. The van der Waals surface area contributed by atoms with Crippen molar-refractivity contribution in [2.45, 2.75) is 52.4 Å². The topological polar surface area (TPSA) is 24.7 Å². The summed E-state index contributed by atoms with van der Waals surface area (Å²) in [6.07, 6.45) is 16.6. The Hall–Kier alpha value is -2.48. The van der Waals surface area contributed by atoms with Crippen LogP contribution in [0.5, 0.6) is 0 Å². The Kier molecular flexibility index (Phi) is 6.94. The van der Waals surface area contributed by atoms with Crippen molar-refractivity contribution < 1.29 is 0 Å². The fraction of sp³-hybridized carbons (Fsp3) is 0.429. The summed E-state index contributed by atoms with van der Waals surface area (Å²) in [5.41, 5.74) is 4.48. The monoisotopic (exact) mass is 398 g/mol. The maximum Gasteiger partial charge on any atom is 0.0626 e. The second-order valence-corrected chi connectivity index (χ2v) is 9.22. The summed E-state index contributed by atoms with van der Waals surface area (Å²) in [5, 5.41) is 0. The van der Waals surface area contributed by atoms with E-state index in [0.29, 0.717) is 11.8 Å². The molecule has 4 atom stereocenters. The van der Waals surface area contributed by atoms with Gasteiger partial charge in [0.15, 0.2) is 0 Å². The smallest absolute Gasteiger partial charge is 0.0626 e. The van der Waals surface area contributed by atoms with Gasteiger partial charge in [-0.1, -0.05) is 75.9 Å². The molecular formula is C28H34N2. The first kappa shape index (κ1) is 20.8. The lowest BCUT2D eigenvalue weighted by Gasteiger charge is -2.08. The van der Waals surface area contributed by atoms with Gasteiger partial charge < -0.3 is 0 Å². The van der Waals surface area contributed by atoms with Gasteiger partial charge in [-0.05, 0) is 71.9 Å². The van der Waals surface area contributed by atoms with Crippen molar-refractivity contribution in [2.75, 3.05) is 0 Å². The maximum atomic E-state index is 4.70. The van der Waals surface area contributed by atoms with E-state index in [1.807, 2.05) is 0 Å². The normalized spacial score (nSPS) is 27.1. The summed E-state index contributed by atoms with van der Waals surface area (Å²) in [6, 6.07) is 17.0. The van der Waals surface area contributed by atoms with Gasteiger partial charge in [-0.15, -0.1) is 0 Å². The van der Waals surface area contributed by atoms with Gasteiger partial charge in [0.05, 0.1) is 11.4 Å². The predicted octanol–water partition coefficient (Wildman–Crippen LogP) is 8.13. The van der Waals surface area contributed by atoms with Crippen LogP contribution in [0.1, 0.15) is 63.5 Å². The lowest BCUT2D eigenvalue weighted by atomic mass is 10.00. The molecule has 2 aliphatic carbocycles. The molecule has 156 valence electrons. The zero-order valence-electron chi connectivity index (χ0n) is 18.4. The molecule has 4 rings (SSSR count). The molecule has 0 bridgehead atoms. The molecule has 0 amide bonds. The minimum Gasteiger partial charge on any atom is -0.261 e. The molecule has 2 nitrogen and oxygen atoms in total. The summed E-state index contributed by atoms with van der Waals surface area (Å²) in [6.45, 7) is 4.68. The second-order valence-electron chi connectivity index (χ2n) is 9.22. The molecular weight excluding hydrogens is 364 g/mol. The quantitative estimate of drug-likeness (QED) is 0.346. The van der Waals surface area contributed by atoms with Crippen LogP contribution in [0.4, 0.5) is 11.4 Å². The van der Waals surface area contributed by atoms with E-state index in [1.54, 1.807) is 0 Å². The van der Waals surface area contributed by atoms with Crippen LogP contribution in [0, 0.1) is 23.7 Å². The molecule has 0 N–H and O–H groups in total. The average molecular weight is 399 g/mol. The fourth-order valence-electron chi connectivity index (χ4n) is 4.69. The molecule has 2 fully saturated rings. The van der Waals surface area contributed by atoms with Crippen molar-refractivity contribution in [3.8, 4) is 0 Å². The van der Waals surface area contributed by atoms with E-state index in [-0.39, 0.29) is 0 Å². The molecule has 0 saturated heterocycles. The molecule has 2 aromatic rings. The van der Waals surface area contributed by atoms with E-state index in [9.17, 15) is 0 Å². The largest absolute Gasteiger partial charge is 0.261 e. The highest BCUT2D eigenvalue weighted by Gasteiger charge is 2.21. The van der Waals surface area contributed by atoms with Crippen LogP contribution < -0.4 is 0 Å². The molecule has 2 heteroatoms. The molecule has 0 aliphatic heterocycles. The first-order valence-corrected chi connectivity index (χ1v) is 11.6. The van der Waals surface area contributed by atoms with Crippen LogP contribution >= 0.6 is 0 Å². The van der Waals surface area contributed by atoms with Gasteiger partial charge in [-0.25, -0.2) is 0 Å². The third kappa shape index (κ3) is 5.56. The SMILES string of the molecule is CC1CCCC1C=Nc1ccc(/C=C/c2ccc(N=CC3CCCC3C)cc2)cc1. The van der Waals surface area contributed by atoms with Crippen LogP contribution in [0.3, 0.4) is 0 Å². The Morgan fingerprint density at radius 1 is 0.600 bits per heavy atom. The summed E-state index contributed by atoms with van der Waals surface area (Å²) >= 11 is 0. The van der Waals surface area contributed by atoms with Crippen molar-refractivity contribution in [1.82, 2.24) is 0 Å². The van der Waals surface area contributed by atoms with E-state index in [4.69, 9.17) is 9.98 Å². The Labute approximate surface area is 181 Å². The Morgan fingerprint density at radius 2 is 1.00 bits per heavy atom. The Bertz CT molecular complexity index is 814. The molecule has 2 aliphatic rings. The highest BCUT2D eigenvalue weighted by atomic mass is 14.7. The van der Waals surface area contributed by atoms with E-state index in [2.05, 4.69) is 87.0 Å². The molecule has 30 heavy (non-hydrogen) atoms. The van der Waals surface area contributed by atoms with Crippen LogP contribution in [-0.4, -0.2) is 12.4 Å². The molecule has 0 spiro atoms. The first-order valence-electron chi connectivity index (χ1n) is 11.6. The first-order chi connectivity index (χ1) is 14.7. The molecule has 0 heterocycles. The average Bonchev–Trinajstić information content (AvgIpc) is 3.38. The van der Waals surface area contributed by atoms with Crippen molar-refractivity contribution in [3.63, 3.8) is 0 Å². The van der Waals surface area contributed by atoms with Crippen LogP contribution in [0.25, 0.3) is 12.2 Å². The van der Waals surface area contributed by atoms with Crippen molar-refractivity contribution in [3.05, 3.63) is 59.7 Å². The van der Waals surface area contributed by atoms with Crippen LogP contribution in [0.15, 0.2) is 58.5 Å². The highest BCUT2D eigenvalue weighted by molar-refractivity contribution is 5.72. The van der Waals surface area contributed by atoms with Crippen LogP contribution in [0.2, 0.25) is 0 Å². The third-order valence-corrected chi connectivity index (χ3v) is 6.94. The number of rotatable bonds is 6. The highest BCUT2D eigenvalue weighted by Crippen LogP contribution is 2.31. The number of benzene rings is 2. The Morgan fingerprint density at radius 3 is 1.33 bits per heavy atom. The minimum atomic E-state index is 0.651. The zero-order valence-corrected chi connectivity index (χ0v) is 18.4. The number of hydrogen-bond donors (Lipinski definition) is 0. The summed E-state index contributed by atoms with van der Waals surface area (Å²) in [4.78, 5) is 9.39. The van der Waals surface area contributed by atoms with Gasteiger partial charge >= 0.3 is 0 Å². The van der Waals surface area contributed by atoms with Gasteiger partial charge in [-0.2, -0.15) is 0 Å². The van der Waals surface area contributed by atoms with E-state index in [0.717, 1.165) is 23.2 Å². The van der Waals surface area contributed by atoms with Crippen molar-refractivity contribution >= 4 is 36.0 Å². The van der Waals surface area contributed by atoms with Gasteiger partial charge in [0, 0.05) is 12.4 Å².